The Morgan fingerprint density at radius 3 is 2.56 bits per heavy atom. The number of amides is 1. The molecule has 1 aromatic heterocycles. The van der Waals surface area contributed by atoms with Gasteiger partial charge in [-0.1, -0.05) is 18.2 Å². The van der Waals surface area contributed by atoms with Crippen molar-refractivity contribution in [1.82, 2.24) is 9.88 Å². The first kappa shape index (κ1) is 18.4. The monoisotopic (exact) mass is 342 g/mol. The van der Waals surface area contributed by atoms with Crippen molar-refractivity contribution in [3.8, 4) is 5.75 Å². The predicted octanol–water partition coefficient (Wildman–Crippen LogP) is 2.69. The van der Waals surface area contributed by atoms with E-state index in [0.29, 0.717) is 24.5 Å². The van der Waals surface area contributed by atoms with Gasteiger partial charge in [-0.2, -0.15) is 0 Å². The molecule has 0 radical (unpaired) electrons. The minimum Gasteiger partial charge on any atom is -0.496 e. The Balaban J connectivity index is 2.20. The molecule has 0 saturated heterocycles. The van der Waals surface area contributed by atoms with Crippen LogP contribution in [-0.4, -0.2) is 42.0 Å². The SMILES string of the molecule is CCOC(=O)CCN(Cc1ccccn1)C(=O)c1ccccc1OC. The first-order chi connectivity index (χ1) is 12.2. The van der Waals surface area contributed by atoms with Crippen LogP contribution in [0, 0.1) is 0 Å². The Hall–Kier alpha value is -2.89. The molecule has 1 aromatic carbocycles. The van der Waals surface area contributed by atoms with Crippen LogP contribution in [-0.2, 0) is 16.1 Å². The van der Waals surface area contributed by atoms with E-state index in [1.165, 1.54) is 7.11 Å². The summed E-state index contributed by atoms with van der Waals surface area (Å²) in [5.41, 5.74) is 1.19. The Labute approximate surface area is 147 Å². The number of carbonyl (C=O) groups excluding carboxylic acids is 2. The van der Waals surface area contributed by atoms with E-state index in [1.54, 1.807) is 42.3 Å². The molecule has 6 nitrogen and oxygen atoms in total. The maximum Gasteiger partial charge on any atom is 0.307 e. The number of methoxy groups -OCH3 is 1. The van der Waals surface area contributed by atoms with Gasteiger partial charge in [-0.15, -0.1) is 0 Å². The zero-order valence-electron chi connectivity index (χ0n) is 14.5. The molecule has 0 aliphatic carbocycles. The lowest BCUT2D eigenvalue weighted by Crippen LogP contribution is -2.33. The molecule has 1 heterocycles. The van der Waals surface area contributed by atoms with Gasteiger partial charge in [-0.3, -0.25) is 14.6 Å². The first-order valence-electron chi connectivity index (χ1n) is 8.13. The number of ether oxygens (including phenoxy) is 2. The number of benzene rings is 1. The van der Waals surface area contributed by atoms with Crippen LogP contribution in [0.3, 0.4) is 0 Å². The second kappa shape index (κ2) is 9.42. The topological polar surface area (TPSA) is 68.7 Å². The normalized spacial score (nSPS) is 10.2. The number of hydrogen-bond acceptors (Lipinski definition) is 5. The minimum atomic E-state index is -0.332. The fourth-order valence-electron chi connectivity index (χ4n) is 2.39. The molecule has 132 valence electrons. The quantitative estimate of drug-likeness (QED) is 0.690. The summed E-state index contributed by atoms with van der Waals surface area (Å²) in [7, 11) is 1.52. The van der Waals surface area contributed by atoms with Crippen LogP contribution in [0.1, 0.15) is 29.4 Å². The van der Waals surface area contributed by atoms with Crippen molar-refractivity contribution in [3.05, 3.63) is 59.9 Å². The number of carbonyl (C=O) groups is 2. The number of pyridine rings is 1. The molecule has 0 saturated carbocycles. The molecular formula is C19H22N2O4. The number of rotatable bonds is 8. The lowest BCUT2D eigenvalue weighted by atomic mass is 10.1. The fourth-order valence-corrected chi connectivity index (χ4v) is 2.39. The van der Waals surface area contributed by atoms with Crippen molar-refractivity contribution in [2.75, 3.05) is 20.3 Å². The highest BCUT2D eigenvalue weighted by Gasteiger charge is 2.21. The molecule has 6 heteroatoms. The number of nitrogens with zero attached hydrogens (tertiary/aromatic N) is 2. The van der Waals surface area contributed by atoms with Crippen molar-refractivity contribution in [2.45, 2.75) is 19.9 Å². The van der Waals surface area contributed by atoms with Gasteiger partial charge in [-0.05, 0) is 31.2 Å². The second-order valence-corrected chi connectivity index (χ2v) is 5.30. The van der Waals surface area contributed by atoms with Crippen LogP contribution in [0.4, 0.5) is 0 Å². The Bertz CT molecular complexity index is 704. The van der Waals surface area contributed by atoms with E-state index in [9.17, 15) is 9.59 Å². The van der Waals surface area contributed by atoms with E-state index >= 15 is 0 Å². The highest BCUT2D eigenvalue weighted by atomic mass is 16.5. The number of esters is 1. The van der Waals surface area contributed by atoms with E-state index < -0.39 is 0 Å². The van der Waals surface area contributed by atoms with Gasteiger partial charge in [0.1, 0.15) is 5.75 Å². The molecule has 25 heavy (non-hydrogen) atoms. The van der Waals surface area contributed by atoms with E-state index in [0.717, 1.165) is 5.69 Å². The van der Waals surface area contributed by atoms with Crippen LogP contribution >= 0.6 is 0 Å². The van der Waals surface area contributed by atoms with Crippen LogP contribution in [0.5, 0.6) is 5.75 Å². The van der Waals surface area contributed by atoms with E-state index in [1.807, 2.05) is 18.2 Å². The van der Waals surface area contributed by atoms with Gasteiger partial charge in [0.05, 0.1) is 37.9 Å². The number of para-hydroxylation sites is 1. The Kier molecular flexibility index (Phi) is 6.95. The van der Waals surface area contributed by atoms with Gasteiger partial charge in [-0.25, -0.2) is 0 Å². The summed E-state index contributed by atoms with van der Waals surface area (Å²) in [5.74, 6) is -0.0524. The maximum absolute atomic E-state index is 13.0. The molecule has 0 N–H and O–H groups in total. The smallest absolute Gasteiger partial charge is 0.307 e. The summed E-state index contributed by atoms with van der Waals surface area (Å²) in [6.07, 6.45) is 1.80. The molecule has 0 fully saturated rings. The summed E-state index contributed by atoms with van der Waals surface area (Å²) < 4.78 is 10.2. The van der Waals surface area contributed by atoms with E-state index in [-0.39, 0.29) is 24.8 Å². The summed E-state index contributed by atoms with van der Waals surface area (Å²) in [6, 6.07) is 12.5. The average molecular weight is 342 g/mol. The second-order valence-electron chi connectivity index (χ2n) is 5.30. The third-order valence-corrected chi connectivity index (χ3v) is 3.59. The molecule has 0 atom stereocenters. The van der Waals surface area contributed by atoms with Gasteiger partial charge in [0.15, 0.2) is 0 Å². The number of aromatic nitrogens is 1. The summed E-state index contributed by atoms with van der Waals surface area (Å²) in [5, 5.41) is 0. The van der Waals surface area contributed by atoms with Gasteiger partial charge >= 0.3 is 5.97 Å². The third-order valence-electron chi connectivity index (χ3n) is 3.59. The van der Waals surface area contributed by atoms with E-state index in [4.69, 9.17) is 9.47 Å². The highest BCUT2D eigenvalue weighted by molar-refractivity contribution is 5.97. The van der Waals surface area contributed by atoms with Crippen LogP contribution in [0.25, 0.3) is 0 Å². The predicted molar refractivity (Wildman–Crippen MR) is 93.2 cm³/mol. The van der Waals surface area contributed by atoms with Gasteiger partial charge < -0.3 is 14.4 Å². The van der Waals surface area contributed by atoms with Gasteiger partial charge in [0.25, 0.3) is 5.91 Å². The van der Waals surface area contributed by atoms with Crippen LogP contribution in [0.2, 0.25) is 0 Å². The number of hydrogen-bond donors (Lipinski definition) is 0. The van der Waals surface area contributed by atoms with Crippen molar-refractivity contribution >= 4 is 11.9 Å². The molecule has 2 aromatic rings. The van der Waals surface area contributed by atoms with Crippen molar-refractivity contribution in [3.63, 3.8) is 0 Å². The summed E-state index contributed by atoms with van der Waals surface area (Å²) >= 11 is 0. The van der Waals surface area contributed by atoms with E-state index in [2.05, 4.69) is 4.98 Å². The van der Waals surface area contributed by atoms with Crippen molar-refractivity contribution in [2.24, 2.45) is 0 Å². The minimum absolute atomic E-state index is 0.127. The zero-order chi connectivity index (χ0) is 18.1. The molecule has 0 aliphatic rings. The Morgan fingerprint density at radius 2 is 1.88 bits per heavy atom. The third kappa shape index (κ3) is 5.31. The lowest BCUT2D eigenvalue weighted by molar-refractivity contribution is -0.143. The van der Waals surface area contributed by atoms with Gasteiger partial charge in [0.2, 0.25) is 0 Å². The highest BCUT2D eigenvalue weighted by Crippen LogP contribution is 2.20. The molecule has 0 unspecified atom stereocenters. The summed E-state index contributed by atoms with van der Waals surface area (Å²) in [6.45, 7) is 2.62. The fraction of sp³-hybridized carbons (Fsp3) is 0.316. The Morgan fingerprint density at radius 1 is 1.12 bits per heavy atom. The molecule has 0 bridgehead atoms. The molecule has 0 spiro atoms. The first-order valence-corrected chi connectivity index (χ1v) is 8.13. The molecule has 1 amide bonds. The molecular weight excluding hydrogens is 320 g/mol. The summed E-state index contributed by atoms with van der Waals surface area (Å²) in [4.78, 5) is 30.5. The maximum atomic E-state index is 13.0. The van der Waals surface area contributed by atoms with Gasteiger partial charge in [0, 0.05) is 12.7 Å². The molecule has 0 aliphatic heterocycles. The standard InChI is InChI=1S/C19H22N2O4/c1-3-25-18(22)11-13-21(14-15-8-6-7-12-20-15)19(23)16-9-4-5-10-17(16)24-2/h4-10,12H,3,11,13-14H2,1-2H3. The zero-order valence-corrected chi connectivity index (χ0v) is 14.5. The van der Waals surface area contributed by atoms with Crippen LogP contribution < -0.4 is 4.74 Å². The van der Waals surface area contributed by atoms with Crippen LogP contribution in [0.15, 0.2) is 48.7 Å². The lowest BCUT2D eigenvalue weighted by Gasteiger charge is -2.23. The average Bonchev–Trinajstić information content (AvgIpc) is 2.65. The molecule has 2 rings (SSSR count). The van der Waals surface area contributed by atoms with Crippen molar-refractivity contribution in [1.29, 1.82) is 0 Å². The largest absolute Gasteiger partial charge is 0.496 e. The van der Waals surface area contributed by atoms with Crippen molar-refractivity contribution < 1.29 is 19.1 Å².